The minimum Gasteiger partial charge on any atom is -0.332 e. The Morgan fingerprint density at radius 2 is 1.92 bits per heavy atom. The lowest BCUT2D eigenvalue weighted by molar-refractivity contribution is 0.684. The Balaban J connectivity index is 1.64. The maximum atomic E-state index is 6.12. The summed E-state index contributed by atoms with van der Waals surface area (Å²) in [5.41, 5.74) is 4.21. The Labute approximate surface area is 157 Å². The second-order valence-electron chi connectivity index (χ2n) is 5.68. The minimum absolute atomic E-state index is 0.416. The highest BCUT2D eigenvalue weighted by Gasteiger charge is 2.07. The zero-order valence-electron chi connectivity index (χ0n) is 14.0. The predicted molar refractivity (Wildman–Crippen MR) is 106 cm³/mol. The first-order chi connectivity index (χ1) is 12.0. The summed E-state index contributed by atoms with van der Waals surface area (Å²) < 4.78 is 1.78. The lowest BCUT2D eigenvalue weighted by Gasteiger charge is -2.11. The number of aryl methyl sites for hydroxylation is 1. The summed E-state index contributed by atoms with van der Waals surface area (Å²) in [4.78, 5) is 4.25. The number of hydrogen-bond donors (Lipinski definition) is 2. The van der Waals surface area contributed by atoms with E-state index in [4.69, 9.17) is 23.8 Å². The van der Waals surface area contributed by atoms with Crippen molar-refractivity contribution in [3.05, 3.63) is 70.5 Å². The van der Waals surface area contributed by atoms with Crippen LogP contribution in [0, 0.1) is 13.8 Å². The third kappa shape index (κ3) is 4.35. The molecular formula is C18H18ClN5S. The molecule has 7 heteroatoms. The van der Waals surface area contributed by atoms with Gasteiger partial charge in [0, 0.05) is 10.7 Å². The van der Waals surface area contributed by atoms with Crippen LogP contribution in [0.4, 0.5) is 11.6 Å². The molecule has 5 nitrogen and oxygen atoms in total. The monoisotopic (exact) mass is 371 g/mol. The van der Waals surface area contributed by atoms with Crippen molar-refractivity contribution in [3.8, 4) is 0 Å². The number of halogens is 1. The third-order valence-corrected chi connectivity index (χ3v) is 4.48. The van der Waals surface area contributed by atoms with Gasteiger partial charge in [-0.25, -0.2) is 9.67 Å². The number of hydrogen-bond acceptors (Lipinski definition) is 3. The van der Waals surface area contributed by atoms with Crippen LogP contribution in [0.3, 0.4) is 0 Å². The smallest absolute Gasteiger partial charge is 0.248 e. The summed E-state index contributed by atoms with van der Waals surface area (Å²) in [6.07, 6.45) is 1.68. The Bertz CT molecular complexity index is 906. The molecule has 0 spiro atoms. The molecule has 0 saturated heterocycles. The summed E-state index contributed by atoms with van der Waals surface area (Å²) in [5, 5.41) is 11.6. The molecule has 0 atom stereocenters. The van der Waals surface area contributed by atoms with Gasteiger partial charge in [-0.2, -0.15) is 0 Å². The van der Waals surface area contributed by atoms with Crippen LogP contribution in [-0.4, -0.2) is 19.9 Å². The topological polar surface area (TPSA) is 54.8 Å². The van der Waals surface area contributed by atoms with E-state index < -0.39 is 0 Å². The Kier molecular flexibility index (Phi) is 5.31. The first kappa shape index (κ1) is 17.4. The summed E-state index contributed by atoms with van der Waals surface area (Å²) >= 11 is 11.4. The molecule has 1 aromatic heterocycles. The van der Waals surface area contributed by atoms with Gasteiger partial charge in [0.15, 0.2) is 5.11 Å². The maximum Gasteiger partial charge on any atom is 0.248 e. The maximum absolute atomic E-state index is 6.12. The zero-order chi connectivity index (χ0) is 17.8. The van der Waals surface area contributed by atoms with Gasteiger partial charge in [0.1, 0.15) is 6.33 Å². The van der Waals surface area contributed by atoms with Crippen molar-refractivity contribution in [2.24, 2.45) is 0 Å². The van der Waals surface area contributed by atoms with Crippen molar-refractivity contribution in [2.45, 2.75) is 20.4 Å². The van der Waals surface area contributed by atoms with E-state index in [1.54, 1.807) is 11.0 Å². The average Bonchev–Trinajstić information content (AvgIpc) is 3.01. The molecule has 25 heavy (non-hydrogen) atoms. The number of aromatic nitrogens is 3. The molecule has 0 aliphatic heterocycles. The highest BCUT2D eigenvalue weighted by atomic mass is 35.5. The van der Waals surface area contributed by atoms with Crippen LogP contribution in [-0.2, 0) is 6.54 Å². The second-order valence-corrected chi connectivity index (χ2v) is 6.50. The van der Waals surface area contributed by atoms with E-state index >= 15 is 0 Å². The van der Waals surface area contributed by atoms with E-state index in [0.29, 0.717) is 22.6 Å². The summed E-state index contributed by atoms with van der Waals surface area (Å²) in [6, 6.07) is 13.8. The summed E-state index contributed by atoms with van der Waals surface area (Å²) in [6.45, 7) is 4.68. The van der Waals surface area contributed by atoms with E-state index in [-0.39, 0.29) is 0 Å². The molecular weight excluding hydrogens is 354 g/mol. The fourth-order valence-corrected chi connectivity index (χ4v) is 2.76. The Morgan fingerprint density at radius 1 is 1.12 bits per heavy atom. The second kappa shape index (κ2) is 7.63. The van der Waals surface area contributed by atoms with E-state index in [9.17, 15) is 0 Å². The standard InChI is InChI=1S/C18H18ClN5S/c1-12-6-3-4-7-14(12)10-24-11-20-17(23-24)22-18(25)21-16-9-5-8-15(19)13(16)2/h3-9,11H,10H2,1-2H3,(H2,21,22,23,25). The number of rotatable bonds is 4. The van der Waals surface area contributed by atoms with Gasteiger partial charge in [0.05, 0.1) is 6.54 Å². The Morgan fingerprint density at radius 3 is 2.72 bits per heavy atom. The highest BCUT2D eigenvalue weighted by molar-refractivity contribution is 7.80. The van der Waals surface area contributed by atoms with Crippen LogP contribution in [0.25, 0.3) is 0 Å². The molecule has 0 radical (unpaired) electrons. The van der Waals surface area contributed by atoms with Gasteiger partial charge >= 0.3 is 0 Å². The molecule has 0 amide bonds. The van der Waals surface area contributed by atoms with Crippen LogP contribution in [0.2, 0.25) is 5.02 Å². The molecule has 128 valence electrons. The van der Waals surface area contributed by atoms with Crippen molar-refractivity contribution in [1.82, 2.24) is 14.8 Å². The van der Waals surface area contributed by atoms with E-state index in [1.165, 1.54) is 11.1 Å². The van der Waals surface area contributed by atoms with Crippen molar-refractivity contribution in [3.63, 3.8) is 0 Å². The minimum atomic E-state index is 0.416. The number of nitrogens with zero attached hydrogens (tertiary/aromatic N) is 3. The summed E-state index contributed by atoms with van der Waals surface area (Å²) in [5.74, 6) is 0.450. The molecule has 0 aliphatic rings. The van der Waals surface area contributed by atoms with Crippen LogP contribution < -0.4 is 10.6 Å². The molecule has 3 aromatic rings. The zero-order valence-corrected chi connectivity index (χ0v) is 15.5. The average molecular weight is 372 g/mol. The fraction of sp³-hybridized carbons (Fsp3) is 0.167. The van der Waals surface area contributed by atoms with Gasteiger partial charge in [-0.3, -0.25) is 5.32 Å². The van der Waals surface area contributed by atoms with E-state index in [1.807, 2.05) is 37.3 Å². The molecule has 0 fully saturated rings. The van der Waals surface area contributed by atoms with Gasteiger partial charge in [-0.15, -0.1) is 5.10 Å². The van der Waals surface area contributed by atoms with Crippen LogP contribution in [0.5, 0.6) is 0 Å². The van der Waals surface area contributed by atoms with E-state index in [2.05, 4.69) is 39.8 Å². The molecule has 3 rings (SSSR count). The number of nitrogens with one attached hydrogen (secondary N) is 2. The largest absolute Gasteiger partial charge is 0.332 e. The van der Waals surface area contributed by atoms with Gasteiger partial charge < -0.3 is 5.32 Å². The normalized spacial score (nSPS) is 10.5. The van der Waals surface area contributed by atoms with E-state index in [0.717, 1.165) is 11.3 Å². The molecule has 0 saturated carbocycles. The van der Waals surface area contributed by atoms with Crippen LogP contribution in [0.1, 0.15) is 16.7 Å². The first-order valence-corrected chi connectivity index (χ1v) is 8.58. The van der Waals surface area contributed by atoms with Gasteiger partial charge in [-0.1, -0.05) is 41.9 Å². The molecule has 0 unspecified atom stereocenters. The van der Waals surface area contributed by atoms with Gasteiger partial charge in [0.25, 0.3) is 0 Å². The molecule has 1 heterocycles. The number of thiocarbonyl (C=S) groups is 1. The molecule has 2 aromatic carbocycles. The van der Waals surface area contributed by atoms with Crippen molar-refractivity contribution < 1.29 is 0 Å². The molecule has 0 bridgehead atoms. The summed E-state index contributed by atoms with van der Waals surface area (Å²) in [7, 11) is 0. The van der Waals surface area contributed by atoms with Crippen molar-refractivity contribution in [1.29, 1.82) is 0 Å². The SMILES string of the molecule is Cc1ccccc1Cn1cnc(NC(=S)Nc2cccc(Cl)c2C)n1. The molecule has 2 N–H and O–H groups in total. The fourth-order valence-electron chi connectivity index (χ4n) is 2.39. The molecule has 0 aliphatic carbocycles. The highest BCUT2D eigenvalue weighted by Crippen LogP contribution is 2.23. The Hall–Kier alpha value is -2.44. The number of anilines is 2. The lowest BCUT2D eigenvalue weighted by Crippen LogP contribution is -2.20. The number of benzene rings is 2. The van der Waals surface area contributed by atoms with Gasteiger partial charge in [0.2, 0.25) is 5.95 Å². The predicted octanol–water partition coefficient (Wildman–Crippen LogP) is 4.41. The lowest BCUT2D eigenvalue weighted by atomic mass is 10.1. The quantitative estimate of drug-likeness (QED) is 0.665. The third-order valence-electron chi connectivity index (χ3n) is 3.87. The van der Waals surface area contributed by atoms with Crippen LogP contribution >= 0.6 is 23.8 Å². The van der Waals surface area contributed by atoms with Crippen molar-refractivity contribution >= 4 is 40.6 Å². The van der Waals surface area contributed by atoms with Crippen molar-refractivity contribution in [2.75, 3.05) is 10.6 Å². The first-order valence-electron chi connectivity index (χ1n) is 7.80. The van der Waals surface area contributed by atoms with Crippen LogP contribution in [0.15, 0.2) is 48.8 Å². The van der Waals surface area contributed by atoms with Gasteiger partial charge in [-0.05, 0) is 54.9 Å².